The molecule has 1 heterocycles. The molecule has 3 aromatic rings. The molecule has 1 heteroatoms. The van der Waals surface area contributed by atoms with Crippen LogP contribution in [0.3, 0.4) is 0 Å². The summed E-state index contributed by atoms with van der Waals surface area (Å²) in [6.45, 7) is 1.05. The molecule has 0 unspecified atom stereocenters. The van der Waals surface area contributed by atoms with Gasteiger partial charge in [-0.15, -0.1) is 0 Å². The summed E-state index contributed by atoms with van der Waals surface area (Å²) in [5, 5.41) is 6.28. The van der Waals surface area contributed by atoms with Crippen LogP contribution in [-0.4, -0.2) is 6.54 Å². The fourth-order valence-electron chi connectivity index (χ4n) is 3.19. The number of hydrogen-bond acceptors (Lipinski definition) is 1. The number of hydrogen-bond donors (Lipinski definition) is 1. The molecular formula is C19H17N. The van der Waals surface area contributed by atoms with Gasteiger partial charge < -0.3 is 5.32 Å². The summed E-state index contributed by atoms with van der Waals surface area (Å²) in [4.78, 5) is 0. The highest BCUT2D eigenvalue weighted by atomic mass is 14.9. The minimum absolute atomic E-state index is 0.324. The molecule has 0 saturated heterocycles. The average molecular weight is 259 g/mol. The van der Waals surface area contributed by atoms with Crippen molar-refractivity contribution in [3.05, 3.63) is 83.4 Å². The van der Waals surface area contributed by atoms with Crippen LogP contribution in [0.1, 0.15) is 22.7 Å². The maximum absolute atomic E-state index is 3.66. The summed E-state index contributed by atoms with van der Waals surface area (Å²) >= 11 is 0. The Morgan fingerprint density at radius 2 is 1.60 bits per heavy atom. The van der Waals surface area contributed by atoms with Crippen molar-refractivity contribution in [2.45, 2.75) is 12.5 Å². The molecular weight excluding hydrogens is 242 g/mol. The number of fused-ring (bicyclic) bond motifs is 2. The second kappa shape index (κ2) is 4.77. The van der Waals surface area contributed by atoms with E-state index in [2.05, 4.69) is 72.0 Å². The van der Waals surface area contributed by atoms with E-state index in [9.17, 15) is 0 Å². The van der Waals surface area contributed by atoms with Gasteiger partial charge in [0.25, 0.3) is 0 Å². The summed E-state index contributed by atoms with van der Waals surface area (Å²) < 4.78 is 0. The molecule has 1 aliphatic heterocycles. The summed E-state index contributed by atoms with van der Waals surface area (Å²) in [6.07, 6.45) is 1.13. The highest BCUT2D eigenvalue weighted by molar-refractivity contribution is 5.83. The second-order valence-electron chi connectivity index (χ2n) is 5.44. The van der Waals surface area contributed by atoms with E-state index in [1.54, 1.807) is 0 Å². The van der Waals surface area contributed by atoms with E-state index >= 15 is 0 Å². The first-order valence-corrected chi connectivity index (χ1v) is 7.22. The zero-order chi connectivity index (χ0) is 13.4. The Hall–Kier alpha value is -2.12. The van der Waals surface area contributed by atoms with E-state index in [-0.39, 0.29) is 0 Å². The van der Waals surface area contributed by atoms with Crippen LogP contribution in [0.25, 0.3) is 10.8 Å². The van der Waals surface area contributed by atoms with Gasteiger partial charge in [-0.2, -0.15) is 0 Å². The lowest BCUT2D eigenvalue weighted by atomic mass is 9.89. The molecule has 4 rings (SSSR count). The maximum atomic E-state index is 3.66. The van der Waals surface area contributed by atoms with Gasteiger partial charge in [-0.3, -0.25) is 0 Å². The van der Waals surface area contributed by atoms with Crippen LogP contribution in [0.15, 0.2) is 66.7 Å². The monoisotopic (exact) mass is 259 g/mol. The van der Waals surface area contributed by atoms with Gasteiger partial charge in [0.1, 0.15) is 0 Å². The molecule has 0 aliphatic carbocycles. The molecule has 0 saturated carbocycles. The molecule has 0 fully saturated rings. The van der Waals surface area contributed by atoms with E-state index in [1.165, 1.54) is 27.5 Å². The molecule has 0 amide bonds. The van der Waals surface area contributed by atoms with Gasteiger partial charge in [0, 0.05) is 6.54 Å². The van der Waals surface area contributed by atoms with Crippen molar-refractivity contribution >= 4 is 10.8 Å². The third-order valence-electron chi connectivity index (χ3n) is 4.22. The minimum Gasteiger partial charge on any atom is -0.306 e. The number of nitrogens with one attached hydrogen (secondary N) is 1. The maximum Gasteiger partial charge on any atom is 0.0579 e. The van der Waals surface area contributed by atoms with Gasteiger partial charge in [0.15, 0.2) is 0 Å². The quantitative estimate of drug-likeness (QED) is 0.694. The predicted octanol–water partition coefficient (Wildman–Crippen LogP) is 4.07. The van der Waals surface area contributed by atoms with Crippen molar-refractivity contribution < 1.29 is 0 Å². The third-order valence-corrected chi connectivity index (χ3v) is 4.22. The lowest BCUT2D eigenvalue weighted by Crippen LogP contribution is -2.30. The first kappa shape index (κ1) is 11.7. The van der Waals surface area contributed by atoms with Crippen LogP contribution in [-0.2, 0) is 6.42 Å². The van der Waals surface area contributed by atoms with Crippen LogP contribution in [0.4, 0.5) is 0 Å². The van der Waals surface area contributed by atoms with Crippen LogP contribution < -0.4 is 5.32 Å². The van der Waals surface area contributed by atoms with Gasteiger partial charge in [0.2, 0.25) is 0 Å². The van der Waals surface area contributed by atoms with E-state index in [4.69, 9.17) is 0 Å². The summed E-state index contributed by atoms with van der Waals surface area (Å²) in [5.74, 6) is 0. The first-order chi connectivity index (χ1) is 9.92. The van der Waals surface area contributed by atoms with Crippen molar-refractivity contribution in [1.29, 1.82) is 0 Å². The van der Waals surface area contributed by atoms with Crippen LogP contribution in [0.5, 0.6) is 0 Å². The SMILES string of the molecule is c1ccc2c(c1)CCN[C@@H]2c1ccc2ccccc2c1. The third kappa shape index (κ3) is 1.91. The summed E-state index contributed by atoms with van der Waals surface area (Å²) in [5.41, 5.74) is 4.26. The largest absolute Gasteiger partial charge is 0.306 e. The van der Waals surface area contributed by atoms with Gasteiger partial charge in [-0.05, 0) is 39.9 Å². The van der Waals surface area contributed by atoms with Gasteiger partial charge in [0.05, 0.1) is 6.04 Å². The van der Waals surface area contributed by atoms with Gasteiger partial charge >= 0.3 is 0 Å². The molecule has 20 heavy (non-hydrogen) atoms. The van der Waals surface area contributed by atoms with Crippen molar-refractivity contribution in [3.63, 3.8) is 0 Å². The summed E-state index contributed by atoms with van der Waals surface area (Å²) in [7, 11) is 0. The second-order valence-corrected chi connectivity index (χ2v) is 5.44. The molecule has 1 nitrogen and oxygen atoms in total. The van der Waals surface area contributed by atoms with Crippen molar-refractivity contribution in [2.75, 3.05) is 6.54 Å². The molecule has 0 bridgehead atoms. The highest BCUT2D eigenvalue weighted by Gasteiger charge is 2.20. The minimum atomic E-state index is 0.324. The van der Waals surface area contributed by atoms with Gasteiger partial charge in [-0.25, -0.2) is 0 Å². The molecule has 0 spiro atoms. The molecule has 3 aromatic carbocycles. The topological polar surface area (TPSA) is 12.0 Å². The molecule has 1 aliphatic rings. The zero-order valence-electron chi connectivity index (χ0n) is 11.3. The Labute approximate surface area is 119 Å². The molecule has 1 atom stereocenters. The predicted molar refractivity (Wildman–Crippen MR) is 83.9 cm³/mol. The normalized spacial score (nSPS) is 17.9. The Morgan fingerprint density at radius 3 is 2.55 bits per heavy atom. The standard InChI is InChI=1S/C19H17N/c1-2-7-16-13-17(10-9-14(16)5-1)19-18-8-4-3-6-15(18)11-12-20-19/h1-10,13,19-20H,11-12H2/t19-/m1/s1. The van der Waals surface area contributed by atoms with Crippen molar-refractivity contribution in [3.8, 4) is 0 Å². The number of benzene rings is 3. The van der Waals surface area contributed by atoms with Crippen molar-refractivity contribution in [1.82, 2.24) is 5.32 Å². The Bertz CT molecular complexity index is 760. The van der Waals surface area contributed by atoms with Crippen LogP contribution in [0, 0.1) is 0 Å². The average Bonchev–Trinajstić information content (AvgIpc) is 2.54. The first-order valence-electron chi connectivity index (χ1n) is 7.22. The highest BCUT2D eigenvalue weighted by Crippen LogP contribution is 2.30. The zero-order valence-corrected chi connectivity index (χ0v) is 11.3. The van der Waals surface area contributed by atoms with Gasteiger partial charge in [-0.1, -0.05) is 60.7 Å². The van der Waals surface area contributed by atoms with E-state index < -0.39 is 0 Å². The van der Waals surface area contributed by atoms with Crippen LogP contribution >= 0.6 is 0 Å². The molecule has 98 valence electrons. The Morgan fingerprint density at radius 1 is 0.800 bits per heavy atom. The van der Waals surface area contributed by atoms with E-state index in [0.717, 1.165) is 13.0 Å². The molecule has 0 aromatic heterocycles. The van der Waals surface area contributed by atoms with E-state index in [0.29, 0.717) is 6.04 Å². The van der Waals surface area contributed by atoms with Crippen molar-refractivity contribution in [2.24, 2.45) is 0 Å². The van der Waals surface area contributed by atoms with Crippen LogP contribution in [0.2, 0.25) is 0 Å². The Balaban J connectivity index is 1.84. The smallest absolute Gasteiger partial charge is 0.0579 e. The molecule has 1 N–H and O–H groups in total. The molecule has 0 radical (unpaired) electrons. The fraction of sp³-hybridized carbons (Fsp3) is 0.158. The summed E-state index contributed by atoms with van der Waals surface area (Å²) in [6, 6.07) is 24.5. The van der Waals surface area contributed by atoms with E-state index in [1.807, 2.05) is 0 Å². The lowest BCUT2D eigenvalue weighted by Gasteiger charge is -2.27. The Kier molecular flexibility index (Phi) is 2.79. The lowest BCUT2D eigenvalue weighted by molar-refractivity contribution is 0.568. The number of rotatable bonds is 1. The fourth-order valence-corrected chi connectivity index (χ4v) is 3.19.